The highest BCUT2D eigenvalue weighted by Gasteiger charge is 2.26. The molecular weight excluding hydrogens is 330 g/mol. The largest absolute Gasteiger partial charge is 0.321 e. The maximum Gasteiger partial charge on any atom is 0.267 e. The van der Waals surface area contributed by atoms with E-state index in [0.29, 0.717) is 28.7 Å². The van der Waals surface area contributed by atoms with Crippen LogP contribution in [-0.2, 0) is 4.79 Å². The summed E-state index contributed by atoms with van der Waals surface area (Å²) >= 11 is 2.90. The standard InChI is InChI=1S/C16H17N3O2S2/c1-10-14(23-16(17-10)19-8-4-7-13(19)20)15(21)18-11-5-3-6-12(9-11)22-2/h3,5-6,9H,4,7-8H2,1-2H3,(H,18,21). The fraction of sp³-hybridized carbons (Fsp3) is 0.312. The van der Waals surface area contributed by atoms with Crippen molar-refractivity contribution in [2.24, 2.45) is 0 Å². The summed E-state index contributed by atoms with van der Waals surface area (Å²) in [4.78, 5) is 32.0. The third-order valence-electron chi connectivity index (χ3n) is 3.62. The molecule has 0 aliphatic carbocycles. The Morgan fingerprint density at radius 3 is 2.96 bits per heavy atom. The molecule has 0 bridgehead atoms. The topological polar surface area (TPSA) is 62.3 Å². The van der Waals surface area contributed by atoms with E-state index < -0.39 is 0 Å². The molecule has 7 heteroatoms. The molecule has 1 aliphatic rings. The Labute approximate surface area is 143 Å². The van der Waals surface area contributed by atoms with E-state index in [2.05, 4.69) is 10.3 Å². The number of aromatic nitrogens is 1. The van der Waals surface area contributed by atoms with E-state index in [1.54, 1.807) is 23.6 Å². The van der Waals surface area contributed by atoms with Gasteiger partial charge in [0.2, 0.25) is 5.91 Å². The van der Waals surface area contributed by atoms with Crippen LogP contribution in [0.5, 0.6) is 0 Å². The molecule has 0 atom stereocenters. The second-order valence-electron chi connectivity index (χ2n) is 5.25. The van der Waals surface area contributed by atoms with Gasteiger partial charge in [-0.15, -0.1) is 11.8 Å². The minimum atomic E-state index is -0.184. The number of hydrogen-bond donors (Lipinski definition) is 1. The summed E-state index contributed by atoms with van der Waals surface area (Å²) in [6, 6.07) is 7.70. The maximum atomic E-state index is 12.5. The number of nitrogens with zero attached hydrogens (tertiary/aromatic N) is 2. The lowest BCUT2D eigenvalue weighted by atomic mass is 10.3. The zero-order valence-corrected chi connectivity index (χ0v) is 14.6. The van der Waals surface area contributed by atoms with E-state index in [4.69, 9.17) is 0 Å². The molecule has 23 heavy (non-hydrogen) atoms. The summed E-state index contributed by atoms with van der Waals surface area (Å²) in [5.74, 6) is -0.102. The summed E-state index contributed by atoms with van der Waals surface area (Å²) in [6.07, 6.45) is 3.40. The first-order valence-electron chi connectivity index (χ1n) is 7.31. The first kappa shape index (κ1) is 16.0. The number of nitrogens with one attached hydrogen (secondary N) is 1. The van der Waals surface area contributed by atoms with Crippen LogP contribution in [0, 0.1) is 6.92 Å². The van der Waals surface area contributed by atoms with E-state index in [-0.39, 0.29) is 11.8 Å². The molecule has 0 radical (unpaired) electrons. The third-order valence-corrected chi connectivity index (χ3v) is 5.53. The highest BCUT2D eigenvalue weighted by molar-refractivity contribution is 7.98. The number of anilines is 2. The van der Waals surface area contributed by atoms with Crippen LogP contribution in [-0.4, -0.2) is 29.6 Å². The molecular formula is C16H17N3O2S2. The Morgan fingerprint density at radius 2 is 2.26 bits per heavy atom. The molecule has 3 rings (SSSR count). The first-order valence-corrected chi connectivity index (χ1v) is 9.36. The molecule has 120 valence electrons. The van der Waals surface area contributed by atoms with Crippen LogP contribution < -0.4 is 10.2 Å². The number of amides is 2. The van der Waals surface area contributed by atoms with Gasteiger partial charge >= 0.3 is 0 Å². The summed E-state index contributed by atoms with van der Waals surface area (Å²) in [7, 11) is 0. The second kappa shape index (κ2) is 6.72. The SMILES string of the molecule is CSc1cccc(NC(=O)c2sc(N3CCCC3=O)nc2C)c1. The second-order valence-corrected chi connectivity index (χ2v) is 7.10. The van der Waals surface area contributed by atoms with Crippen molar-refractivity contribution in [3.05, 3.63) is 34.8 Å². The van der Waals surface area contributed by atoms with E-state index >= 15 is 0 Å². The van der Waals surface area contributed by atoms with Crippen LogP contribution in [0.4, 0.5) is 10.8 Å². The summed E-state index contributed by atoms with van der Waals surface area (Å²) < 4.78 is 0. The Balaban J connectivity index is 1.79. The zero-order chi connectivity index (χ0) is 16.4. The molecule has 0 saturated carbocycles. The van der Waals surface area contributed by atoms with E-state index in [1.807, 2.05) is 30.5 Å². The number of thioether (sulfide) groups is 1. The van der Waals surface area contributed by atoms with Crippen molar-refractivity contribution < 1.29 is 9.59 Å². The van der Waals surface area contributed by atoms with Crippen LogP contribution in [0.15, 0.2) is 29.2 Å². The van der Waals surface area contributed by atoms with Crippen LogP contribution in [0.1, 0.15) is 28.2 Å². The van der Waals surface area contributed by atoms with Gasteiger partial charge in [-0.3, -0.25) is 14.5 Å². The van der Waals surface area contributed by atoms with E-state index in [9.17, 15) is 9.59 Å². The number of carbonyl (C=O) groups is 2. The van der Waals surface area contributed by atoms with Crippen molar-refractivity contribution in [2.45, 2.75) is 24.7 Å². The number of rotatable bonds is 4. The summed E-state index contributed by atoms with van der Waals surface area (Å²) in [6.45, 7) is 2.48. The summed E-state index contributed by atoms with van der Waals surface area (Å²) in [5.41, 5.74) is 1.41. The van der Waals surface area contributed by atoms with E-state index in [1.165, 1.54) is 11.3 Å². The molecule has 2 aromatic rings. The molecule has 1 fully saturated rings. The predicted octanol–water partition coefficient (Wildman–Crippen LogP) is 3.55. The van der Waals surface area contributed by atoms with Crippen molar-refractivity contribution in [1.82, 2.24) is 4.98 Å². The molecule has 2 heterocycles. The highest BCUT2D eigenvalue weighted by atomic mass is 32.2. The maximum absolute atomic E-state index is 12.5. The van der Waals surface area contributed by atoms with Crippen molar-refractivity contribution in [3.63, 3.8) is 0 Å². The Kier molecular flexibility index (Phi) is 4.68. The average molecular weight is 347 g/mol. The van der Waals surface area contributed by atoms with Crippen molar-refractivity contribution in [2.75, 3.05) is 23.0 Å². The minimum Gasteiger partial charge on any atom is -0.321 e. The summed E-state index contributed by atoms with van der Waals surface area (Å²) in [5, 5.41) is 3.52. The quantitative estimate of drug-likeness (QED) is 0.859. The third kappa shape index (κ3) is 3.40. The molecule has 1 aromatic heterocycles. The van der Waals surface area contributed by atoms with Gasteiger partial charge in [-0.1, -0.05) is 17.4 Å². The minimum absolute atomic E-state index is 0.0818. The Hall–Kier alpha value is -1.86. The van der Waals surface area contributed by atoms with Gasteiger partial charge in [0.05, 0.1) is 5.69 Å². The average Bonchev–Trinajstić information content (AvgIpc) is 3.13. The van der Waals surface area contributed by atoms with Crippen LogP contribution in [0.3, 0.4) is 0 Å². The van der Waals surface area contributed by atoms with Crippen LogP contribution in [0.2, 0.25) is 0 Å². The van der Waals surface area contributed by atoms with E-state index in [0.717, 1.165) is 17.0 Å². The smallest absolute Gasteiger partial charge is 0.267 e. The molecule has 0 spiro atoms. The lowest BCUT2D eigenvalue weighted by Crippen LogP contribution is -2.23. The molecule has 0 unspecified atom stereocenters. The molecule has 1 saturated heterocycles. The van der Waals surface area contributed by atoms with Crippen LogP contribution >= 0.6 is 23.1 Å². The lowest BCUT2D eigenvalue weighted by Gasteiger charge is -2.10. The van der Waals surface area contributed by atoms with Crippen molar-refractivity contribution in [1.29, 1.82) is 0 Å². The predicted molar refractivity (Wildman–Crippen MR) is 94.6 cm³/mol. The number of aryl methyl sites for hydroxylation is 1. The molecule has 1 aliphatic heterocycles. The number of carbonyl (C=O) groups excluding carboxylic acids is 2. The highest BCUT2D eigenvalue weighted by Crippen LogP contribution is 2.30. The normalized spacial score (nSPS) is 14.3. The fourth-order valence-electron chi connectivity index (χ4n) is 2.45. The Morgan fingerprint density at radius 1 is 1.43 bits per heavy atom. The van der Waals surface area contributed by atoms with Gasteiger partial charge in [-0.2, -0.15) is 0 Å². The van der Waals surface area contributed by atoms with Gasteiger partial charge in [0.15, 0.2) is 5.13 Å². The number of benzene rings is 1. The van der Waals surface area contributed by atoms with Crippen molar-refractivity contribution >= 4 is 45.7 Å². The van der Waals surface area contributed by atoms with Gasteiger partial charge in [0.25, 0.3) is 5.91 Å². The lowest BCUT2D eigenvalue weighted by molar-refractivity contribution is -0.117. The fourth-order valence-corrected chi connectivity index (χ4v) is 3.91. The van der Waals surface area contributed by atoms with Crippen LogP contribution in [0.25, 0.3) is 0 Å². The van der Waals surface area contributed by atoms with Gasteiger partial charge in [0.1, 0.15) is 4.88 Å². The molecule has 1 N–H and O–H groups in total. The van der Waals surface area contributed by atoms with Gasteiger partial charge < -0.3 is 5.32 Å². The number of thiazole rings is 1. The van der Waals surface area contributed by atoms with Gasteiger partial charge in [0, 0.05) is 23.5 Å². The van der Waals surface area contributed by atoms with Gasteiger partial charge in [-0.25, -0.2) is 4.98 Å². The van der Waals surface area contributed by atoms with Gasteiger partial charge in [-0.05, 0) is 37.8 Å². The monoisotopic (exact) mass is 347 g/mol. The first-order chi connectivity index (χ1) is 11.1. The molecule has 2 amide bonds. The number of hydrogen-bond acceptors (Lipinski definition) is 5. The molecule has 5 nitrogen and oxygen atoms in total. The molecule has 1 aromatic carbocycles. The zero-order valence-electron chi connectivity index (χ0n) is 13.0. The Bertz CT molecular complexity index is 758. The van der Waals surface area contributed by atoms with Crippen molar-refractivity contribution in [3.8, 4) is 0 Å².